The van der Waals surface area contributed by atoms with Crippen LogP contribution in [0.1, 0.15) is 24.4 Å². The number of nitrogens with zero attached hydrogens (tertiary/aromatic N) is 1. The van der Waals surface area contributed by atoms with Crippen LogP contribution in [0, 0.1) is 6.92 Å². The molecule has 66 valence electrons. The zero-order valence-corrected chi connectivity index (χ0v) is 7.29. The van der Waals surface area contributed by atoms with Gasteiger partial charge >= 0.3 is 0 Å². The molecular formula is C8H13N3O. The molecule has 1 rings (SSSR count). The Kier molecular flexibility index (Phi) is 2.60. The third-order valence-corrected chi connectivity index (χ3v) is 1.74. The van der Waals surface area contributed by atoms with E-state index in [0.29, 0.717) is 12.4 Å². The van der Waals surface area contributed by atoms with Gasteiger partial charge in [-0.2, -0.15) is 0 Å². The van der Waals surface area contributed by atoms with Gasteiger partial charge in [0.05, 0.1) is 5.69 Å². The Morgan fingerprint density at radius 3 is 2.92 bits per heavy atom. The standard InChI is InChI=1S/C8H13N3O/c1-5(4-9)7-3-8(12)11-6(2)10-7/h3,5H,4,9H2,1-2H3,(H,10,11,12). The fraction of sp³-hybridized carbons (Fsp3) is 0.500. The van der Waals surface area contributed by atoms with Crippen molar-refractivity contribution in [2.75, 3.05) is 6.54 Å². The fourth-order valence-corrected chi connectivity index (χ4v) is 0.976. The van der Waals surface area contributed by atoms with E-state index in [1.807, 2.05) is 6.92 Å². The topological polar surface area (TPSA) is 71.8 Å². The molecule has 0 saturated carbocycles. The summed E-state index contributed by atoms with van der Waals surface area (Å²) < 4.78 is 0. The number of aryl methyl sites for hydroxylation is 1. The van der Waals surface area contributed by atoms with Gasteiger partial charge in [0, 0.05) is 18.5 Å². The van der Waals surface area contributed by atoms with Crippen LogP contribution >= 0.6 is 0 Å². The first-order chi connectivity index (χ1) is 5.63. The zero-order chi connectivity index (χ0) is 9.14. The van der Waals surface area contributed by atoms with Crippen LogP contribution in [0.25, 0.3) is 0 Å². The highest BCUT2D eigenvalue weighted by molar-refractivity contribution is 5.07. The van der Waals surface area contributed by atoms with Gasteiger partial charge in [-0.1, -0.05) is 6.92 Å². The van der Waals surface area contributed by atoms with Crippen molar-refractivity contribution < 1.29 is 0 Å². The van der Waals surface area contributed by atoms with E-state index in [4.69, 9.17) is 5.73 Å². The van der Waals surface area contributed by atoms with E-state index in [1.165, 1.54) is 6.07 Å². The van der Waals surface area contributed by atoms with Crippen LogP contribution in [0.2, 0.25) is 0 Å². The summed E-state index contributed by atoms with van der Waals surface area (Å²) in [5, 5.41) is 0. The number of nitrogens with one attached hydrogen (secondary N) is 1. The number of rotatable bonds is 2. The van der Waals surface area contributed by atoms with Crippen molar-refractivity contribution >= 4 is 0 Å². The van der Waals surface area contributed by atoms with Crippen LogP contribution in [-0.4, -0.2) is 16.5 Å². The second-order valence-corrected chi connectivity index (χ2v) is 2.89. The van der Waals surface area contributed by atoms with Crippen LogP contribution in [0.4, 0.5) is 0 Å². The molecule has 0 aliphatic carbocycles. The Labute approximate surface area is 70.8 Å². The largest absolute Gasteiger partial charge is 0.330 e. The van der Waals surface area contributed by atoms with E-state index in [0.717, 1.165) is 5.69 Å². The summed E-state index contributed by atoms with van der Waals surface area (Å²) in [5.74, 6) is 0.781. The fourth-order valence-electron chi connectivity index (χ4n) is 0.976. The van der Waals surface area contributed by atoms with Gasteiger partial charge in [-0.3, -0.25) is 4.79 Å². The molecule has 1 atom stereocenters. The first-order valence-electron chi connectivity index (χ1n) is 3.91. The smallest absolute Gasteiger partial charge is 0.251 e. The number of H-pyrrole nitrogens is 1. The minimum Gasteiger partial charge on any atom is -0.330 e. The molecule has 0 spiro atoms. The van der Waals surface area contributed by atoms with Crippen molar-refractivity contribution in [3.05, 3.63) is 27.9 Å². The van der Waals surface area contributed by atoms with E-state index in [1.54, 1.807) is 6.92 Å². The van der Waals surface area contributed by atoms with Gasteiger partial charge in [-0.15, -0.1) is 0 Å². The maximum Gasteiger partial charge on any atom is 0.251 e. The number of aromatic nitrogens is 2. The van der Waals surface area contributed by atoms with E-state index in [2.05, 4.69) is 9.97 Å². The molecule has 0 amide bonds. The average molecular weight is 167 g/mol. The molecule has 0 aliphatic heterocycles. The summed E-state index contributed by atoms with van der Waals surface area (Å²) >= 11 is 0. The Morgan fingerprint density at radius 2 is 2.42 bits per heavy atom. The van der Waals surface area contributed by atoms with Gasteiger partial charge in [-0.05, 0) is 6.92 Å². The van der Waals surface area contributed by atoms with Crippen LogP contribution in [0.5, 0.6) is 0 Å². The third kappa shape index (κ3) is 1.92. The second-order valence-electron chi connectivity index (χ2n) is 2.89. The maximum absolute atomic E-state index is 11.0. The summed E-state index contributed by atoms with van der Waals surface area (Å²) in [6, 6.07) is 1.49. The van der Waals surface area contributed by atoms with Crippen LogP contribution in [0.3, 0.4) is 0 Å². The van der Waals surface area contributed by atoms with Gasteiger partial charge < -0.3 is 10.7 Å². The van der Waals surface area contributed by atoms with Crippen molar-refractivity contribution in [1.82, 2.24) is 9.97 Å². The van der Waals surface area contributed by atoms with Crippen molar-refractivity contribution in [2.45, 2.75) is 19.8 Å². The van der Waals surface area contributed by atoms with Crippen molar-refractivity contribution in [1.29, 1.82) is 0 Å². The van der Waals surface area contributed by atoms with Crippen molar-refractivity contribution in [3.8, 4) is 0 Å². The van der Waals surface area contributed by atoms with E-state index < -0.39 is 0 Å². The van der Waals surface area contributed by atoms with E-state index in [-0.39, 0.29) is 11.5 Å². The molecule has 1 heterocycles. The molecule has 0 fully saturated rings. The van der Waals surface area contributed by atoms with Crippen molar-refractivity contribution in [3.63, 3.8) is 0 Å². The lowest BCUT2D eigenvalue weighted by molar-refractivity contribution is 0.730. The summed E-state index contributed by atoms with van der Waals surface area (Å²) in [4.78, 5) is 17.7. The van der Waals surface area contributed by atoms with Gasteiger partial charge in [0.1, 0.15) is 5.82 Å². The predicted octanol–water partition coefficient (Wildman–Crippen LogP) is 0.141. The molecule has 0 saturated heterocycles. The molecule has 0 aliphatic rings. The molecule has 1 aromatic heterocycles. The van der Waals surface area contributed by atoms with E-state index >= 15 is 0 Å². The molecule has 0 bridgehead atoms. The molecule has 4 nitrogen and oxygen atoms in total. The molecule has 4 heteroatoms. The molecule has 3 N–H and O–H groups in total. The molecule has 1 aromatic rings. The monoisotopic (exact) mass is 167 g/mol. The Balaban J connectivity index is 3.08. The lowest BCUT2D eigenvalue weighted by atomic mass is 10.1. The lowest BCUT2D eigenvalue weighted by Crippen LogP contribution is -2.16. The third-order valence-electron chi connectivity index (χ3n) is 1.74. The first kappa shape index (κ1) is 8.93. The molecular weight excluding hydrogens is 154 g/mol. The summed E-state index contributed by atoms with van der Waals surface area (Å²) in [6.45, 7) is 4.21. The molecule has 0 aromatic carbocycles. The summed E-state index contributed by atoms with van der Waals surface area (Å²) in [7, 11) is 0. The molecule has 12 heavy (non-hydrogen) atoms. The zero-order valence-electron chi connectivity index (χ0n) is 7.29. The highest BCUT2D eigenvalue weighted by Crippen LogP contribution is 2.07. The highest BCUT2D eigenvalue weighted by atomic mass is 16.1. The predicted molar refractivity (Wildman–Crippen MR) is 47.1 cm³/mol. The number of aromatic amines is 1. The Bertz CT molecular complexity index is 318. The van der Waals surface area contributed by atoms with Crippen molar-refractivity contribution in [2.24, 2.45) is 5.73 Å². The molecule has 1 unspecified atom stereocenters. The molecule has 0 radical (unpaired) electrons. The van der Waals surface area contributed by atoms with Crippen LogP contribution < -0.4 is 11.3 Å². The maximum atomic E-state index is 11.0. The summed E-state index contributed by atoms with van der Waals surface area (Å²) in [6.07, 6.45) is 0. The highest BCUT2D eigenvalue weighted by Gasteiger charge is 2.05. The minimum absolute atomic E-state index is 0.113. The van der Waals surface area contributed by atoms with Crippen LogP contribution in [0.15, 0.2) is 10.9 Å². The van der Waals surface area contributed by atoms with Gasteiger partial charge in [0.2, 0.25) is 0 Å². The number of hydrogen-bond acceptors (Lipinski definition) is 3. The Morgan fingerprint density at radius 1 is 1.75 bits per heavy atom. The lowest BCUT2D eigenvalue weighted by Gasteiger charge is -2.06. The Hall–Kier alpha value is -1.16. The SMILES string of the molecule is Cc1nc(C(C)CN)cc(=O)[nH]1. The quantitative estimate of drug-likeness (QED) is 0.658. The number of nitrogens with two attached hydrogens (primary N) is 1. The number of hydrogen-bond donors (Lipinski definition) is 2. The first-order valence-corrected chi connectivity index (χ1v) is 3.91. The second kappa shape index (κ2) is 3.49. The average Bonchev–Trinajstić information content (AvgIpc) is 2.01. The minimum atomic E-state index is -0.113. The van der Waals surface area contributed by atoms with Gasteiger partial charge in [0.15, 0.2) is 0 Å². The van der Waals surface area contributed by atoms with Gasteiger partial charge in [0.25, 0.3) is 5.56 Å². The van der Waals surface area contributed by atoms with E-state index in [9.17, 15) is 4.79 Å². The normalized spacial score (nSPS) is 12.9. The summed E-state index contributed by atoms with van der Waals surface area (Å²) in [5.41, 5.74) is 6.10. The van der Waals surface area contributed by atoms with Gasteiger partial charge in [-0.25, -0.2) is 4.98 Å². The van der Waals surface area contributed by atoms with Crippen LogP contribution in [-0.2, 0) is 0 Å².